The van der Waals surface area contributed by atoms with Crippen molar-refractivity contribution in [1.82, 2.24) is 5.32 Å². The molecule has 0 aromatic heterocycles. The highest BCUT2D eigenvalue weighted by Gasteiger charge is 2.02. The van der Waals surface area contributed by atoms with Crippen LogP contribution in [0.1, 0.15) is 32.8 Å². The fraction of sp³-hybridized carbons (Fsp3) is 0.571. The quantitative estimate of drug-likeness (QED) is 0.715. The number of rotatable bonds is 7. The zero-order valence-corrected chi connectivity index (χ0v) is 11.1. The van der Waals surface area contributed by atoms with E-state index in [1.807, 2.05) is 19.1 Å². The summed E-state index contributed by atoms with van der Waals surface area (Å²) in [6.45, 7) is 7.99. The van der Waals surface area contributed by atoms with Crippen LogP contribution in [0.3, 0.4) is 0 Å². The maximum Gasteiger partial charge on any atom is 0.142 e. The number of ether oxygens (including phenoxy) is 1. The highest BCUT2D eigenvalue weighted by Crippen LogP contribution is 2.22. The molecule has 0 spiro atoms. The Morgan fingerprint density at radius 3 is 2.71 bits per heavy atom. The molecule has 1 aromatic carbocycles. The summed E-state index contributed by atoms with van der Waals surface area (Å²) in [5.41, 5.74) is 7.90. The van der Waals surface area contributed by atoms with Crippen LogP contribution in [0.5, 0.6) is 5.75 Å². The second-order valence-corrected chi connectivity index (χ2v) is 4.32. The minimum Gasteiger partial charge on any atom is -0.492 e. The Morgan fingerprint density at radius 2 is 2.12 bits per heavy atom. The van der Waals surface area contributed by atoms with Gasteiger partial charge >= 0.3 is 0 Å². The summed E-state index contributed by atoms with van der Waals surface area (Å²) in [5, 5.41) is 3.47. The molecule has 1 unspecified atom stereocenters. The van der Waals surface area contributed by atoms with Gasteiger partial charge in [-0.25, -0.2) is 0 Å². The fourth-order valence-electron chi connectivity index (χ4n) is 1.65. The minimum absolute atomic E-state index is 0.579. The third-order valence-corrected chi connectivity index (χ3v) is 2.89. The highest BCUT2D eigenvalue weighted by atomic mass is 16.5. The van der Waals surface area contributed by atoms with Crippen molar-refractivity contribution < 1.29 is 4.74 Å². The van der Waals surface area contributed by atoms with Crippen LogP contribution in [0.4, 0.5) is 5.69 Å². The van der Waals surface area contributed by atoms with E-state index in [1.54, 1.807) is 0 Å². The largest absolute Gasteiger partial charge is 0.492 e. The summed E-state index contributed by atoms with van der Waals surface area (Å²) >= 11 is 0. The molecule has 3 N–H and O–H groups in total. The van der Waals surface area contributed by atoms with E-state index < -0.39 is 0 Å². The van der Waals surface area contributed by atoms with Crippen LogP contribution in [0.2, 0.25) is 0 Å². The van der Waals surface area contributed by atoms with Crippen molar-refractivity contribution in [2.24, 2.45) is 0 Å². The van der Waals surface area contributed by atoms with Gasteiger partial charge in [-0.3, -0.25) is 0 Å². The van der Waals surface area contributed by atoms with E-state index in [-0.39, 0.29) is 0 Å². The van der Waals surface area contributed by atoms with Crippen LogP contribution in [0.25, 0.3) is 0 Å². The number of benzene rings is 1. The van der Waals surface area contributed by atoms with Crippen molar-refractivity contribution in [3.63, 3.8) is 0 Å². The molecule has 0 fully saturated rings. The Morgan fingerprint density at radius 1 is 1.35 bits per heavy atom. The standard InChI is InChI=1S/C14H24N2O/c1-4-11(3)16-9-8-12-6-7-14(17-5-2)13(15)10-12/h6-7,10-11,16H,4-5,8-9,15H2,1-3H3. The van der Waals surface area contributed by atoms with Crippen LogP contribution in [0, 0.1) is 0 Å². The molecule has 0 saturated carbocycles. The van der Waals surface area contributed by atoms with Crippen molar-refractivity contribution in [1.29, 1.82) is 0 Å². The number of hydrogen-bond acceptors (Lipinski definition) is 3. The molecule has 0 aliphatic heterocycles. The van der Waals surface area contributed by atoms with Crippen molar-refractivity contribution >= 4 is 5.69 Å². The third-order valence-electron chi connectivity index (χ3n) is 2.89. The van der Waals surface area contributed by atoms with Crippen LogP contribution in [0.15, 0.2) is 18.2 Å². The number of nitrogens with one attached hydrogen (secondary N) is 1. The van der Waals surface area contributed by atoms with Gasteiger partial charge in [0, 0.05) is 6.04 Å². The lowest BCUT2D eigenvalue weighted by Crippen LogP contribution is -2.27. The summed E-state index contributed by atoms with van der Waals surface area (Å²) in [4.78, 5) is 0. The second kappa shape index (κ2) is 7.17. The smallest absolute Gasteiger partial charge is 0.142 e. The average Bonchev–Trinajstić information content (AvgIpc) is 2.32. The number of nitrogens with two attached hydrogens (primary N) is 1. The van der Waals surface area contributed by atoms with Gasteiger partial charge in [0.15, 0.2) is 0 Å². The van der Waals surface area contributed by atoms with Crippen molar-refractivity contribution in [2.75, 3.05) is 18.9 Å². The Kier molecular flexibility index (Phi) is 5.84. The van der Waals surface area contributed by atoms with Gasteiger partial charge in [-0.2, -0.15) is 0 Å². The van der Waals surface area contributed by atoms with Crippen molar-refractivity contribution in [2.45, 2.75) is 39.7 Å². The van der Waals surface area contributed by atoms with Crippen LogP contribution >= 0.6 is 0 Å². The van der Waals surface area contributed by atoms with Gasteiger partial charge in [-0.05, 0) is 50.9 Å². The van der Waals surface area contributed by atoms with Gasteiger partial charge < -0.3 is 15.8 Å². The molecule has 3 nitrogen and oxygen atoms in total. The molecule has 0 radical (unpaired) electrons. The first-order chi connectivity index (χ1) is 8.17. The molecule has 17 heavy (non-hydrogen) atoms. The fourth-order valence-corrected chi connectivity index (χ4v) is 1.65. The summed E-state index contributed by atoms with van der Waals surface area (Å²) < 4.78 is 5.41. The van der Waals surface area contributed by atoms with Crippen LogP contribution in [-0.4, -0.2) is 19.2 Å². The second-order valence-electron chi connectivity index (χ2n) is 4.32. The van der Waals surface area contributed by atoms with E-state index in [9.17, 15) is 0 Å². The first-order valence-corrected chi connectivity index (χ1v) is 6.42. The molecule has 96 valence electrons. The summed E-state index contributed by atoms with van der Waals surface area (Å²) in [6, 6.07) is 6.62. The van der Waals surface area contributed by atoms with E-state index in [2.05, 4.69) is 25.2 Å². The Bertz CT molecular complexity index is 339. The first-order valence-electron chi connectivity index (χ1n) is 6.42. The number of hydrogen-bond donors (Lipinski definition) is 2. The number of nitrogen functional groups attached to an aromatic ring is 1. The summed E-state index contributed by atoms with van der Waals surface area (Å²) in [7, 11) is 0. The van der Waals surface area contributed by atoms with Gasteiger partial charge in [-0.1, -0.05) is 13.0 Å². The zero-order chi connectivity index (χ0) is 12.7. The van der Waals surface area contributed by atoms with E-state index in [4.69, 9.17) is 10.5 Å². The maximum atomic E-state index is 5.92. The lowest BCUT2D eigenvalue weighted by atomic mass is 10.1. The predicted molar refractivity (Wildman–Crippen MR) is 73.5 cm³/mol. The molecule has 1 rings (SSSR count). The normalized spacial score (nSPS) is 12.4. The Hall–Kier alpha value is -1.22. The molecular weight excluding hydrogens is 212 g/mol. The molecule has 0 heterocycles. The highest BCUT2D eigenvalue weighted by molar-refractivity contribution is 5.54. The molecule has 1 atom stereocenters. The molecule has 0 aliphatic rings. The van der Waals surface area contributed by atoms with Crippen LogP contribution in [-0.2, 0) is 6.42 Å². The lowest BCUT2D eigenvalue weighted by molar-refractivity contribution is 0.342. The van der Waals surface area contributed by atoms with Crippen molar-refractivity contribution in [3.8, 4) is 5.75 Å². The van der Waals surface area contributed by atoms with E-state index in [0.29, 0.717) is 12.6 Å². The molecule has 3 heteroatoms. The molecule has 1 aromatic rings. The molecule has 0 aliphatic carbocycles. The third kappa shape index (κ3) is 4.65. The molecular formula is C14H24N2O. The minimum atomic E-state index is 0.579. The van der Waals surface area contributed by atoms with Crippen molar-refractivity contribution in [3.05, 3.63) is 23.8 Å². The number of anilines is 1. The Balaban J connectivity index is 2.47. The first kappa shape index (κ1) is 13.8. The topological polar surface area (TPSA) is 47.3 Å². The zero-order valence-electron chi connectivity index (χ0n) is 11.1. The van der Waals surface area contributed by atoms with Crippen LogP contribution < -0.4 is 15.8 Å². The van der Waals surface area contributed by atoms with Gasteiger partial charge in [0.1, 0.15) is 5.75 Å². The monoisotopic (exact) mass is 236 g/mol. The average molecular weight is 236 g/mol. The molecule has 0 amide bonds. The summed E-state index contributed by atoms with van der Waals surface area (Å²) in [5.74, 6) is 0.783. The Labute approximate surface area is 104 Å². The predicted octanol–water partition coefficient (Wildman–Crippen LogP) is 2.60. The van der Waals surface area contributed by atoms with Gasteiger partial charge in [-0.15, -0.1) is 0 Å². The van der Waals surface area contributed by atoms with Gasteiger partial charge in [0.05, 0.1) is 12.3 Å². The summed E-state index contributed by atoms with van der Waals surface area (Å²) in [6.07, 6.45) is 2.16. The van der Waals surface area contributed by atoms with E-state index in [0.717, 1.165) is 30.8 Å². The van der Waals surface area contributed by atoms with E-state index >= 15 is 0 Å². The molecule has 0 saturated heterocycles. The lowest BCUT2D eigenvalue weighted by Gasteiger charge is -2.12. The molecule has 0 bridgehead atoms. The van der Waals surface area contributed by atoms with Gasteiger partial charge in [0.2, 0.25) is 0 Å². The van der Waals surface area contributed by atoms with Gasteiger partial charge in [0.25, 0.3) is 0 Å². The van der Waals surface area contributed by atoms with E-state index in [1.165, 1.54) is 5.56 Å². The maximum absolute atomic E-state index is 5.92. The SMILES string of the molecule is CCOc1ccc(CCNC(C)CC)cc1N.